The normalized spacial score (nSPS) is 15.0. The van der Waals surface area contributed by atoms with Crippen LogP contribution in [0.1, 0.15) is 48.9 Å². The van der Waals surface area contributed by atoms with Gasteiger partial charge in [-0.3, -0.25) is 14.5 Å². The van der Waals surface area contributed by atoms with Gasteiger partial charge in [0.15, 0.2) is 0 Å². The van der Waals surface area contributed by atoms with E-state index in [1.807, 2.05) is 59.2 Å². The first-order valence-electron chi connectivity index (χ1n) is 15.6. The van der Waals surface area contributed by atoms with Crippen LogP contribution in [-0.2, 0) is 39.0 Å². The van der Waals surface area contributed by atoms with Gasteiger partial charge in [0.2, 0.25) is 21.8 Å². The molecule has 1 heterocycles. The highest BCUT2D eigenvalue weighted by Gasteiger charge is 2.26. The summed E-state index contributed by atoms with van der Waals surface area (Å²) in [5.74, 6) is 0.793. The smallest absolute Gasteiger partial charge is 0.240 e. The third kappa shape index (κ3) is 8.93. The van der Waals surface area contributed by atoms with E-state index >= 15 is 0 Å². The van der Waals surface area contributed by atoms with Crippen LogP contribution in [0, 0.1) is 6.92 Å². The summed E-state index contributed by atoms with van der Waals surface area (Å²) in [5.41, 5.74) is 4.65. The number of anilines is 1. The third-order valence-corrected chi connectivity index (χ3v) is 9.90. The van der Waals surface area contributed by atoms with Crippen molar-refractivity contribution in [2.45, 2.75) is 63.9 Å². The maximum atomic E-state index is 13.9. The summed E-state index contributed by atoms with van der Waals surface area (Å²) in [6.45, 7) is 9.46. The summed E-state index contributed by atoms with van der Waals surface area (Å²) in [5, 5.41) is 0. The Morgan fingerprint density at radius 3 is 2.22 bits per heavy atom. The molecule has 0 saturated carbocycles. The first-order valence-corrected chi connectivity index (χ1v) is 17.1. The van der Waals surface area contributed by atoms with E-state index in [9.17, 15) is 18.0 Å². The van der Waals surface area contributed by atoms with Gasteiger partial charge in [0.1, 0.15) is 5.75 Å². The van der Waals surface area contributed by atoms with Gasteiger partial charge in [-0.15, -0.1) is 0 Å². The molecule has 3 aromatic carbocycles. The van der Waals surface area contributed by atoms with Gasteiger partial charge in [-0.2, -0.15) is 0 Å². The second kappa shape index (κ2) is 15.5. The van der Waals surface area contributed by atoms with Crippen molar-refractivity contribution in [3.63, 3.8) is 0 Å². The molecule has 45 heavy (non-hydrogen) atoms. The lowest BCUT2D eigenvalue weighted by molar-refractivity contribution is -0.132. The van der Waals surface area contributed by atoms with Crippen LogP contribution in [0.3, 0.4) is 0 Å². The van der Waals surface area contributed by atoms with Gasteiger partial charge in [-0.05, 0) is 87.2 Å². The molecule has 1 N–H and O–H groups in total. The molecule has 0 unspecified atom stereocenters. The molecule has 0 aliphatic carbocycles. The molecule has 9 nitrogen and oxygen atoms in total. The minimum atomic E-state index is -3.52. The number of carbonyl (C=O) groups is 2. The number of nitrogens with zero attached hydrogens (tertiary/aromatic N) is 3. The molecule has 242 valence electrons. The molecule has 10 heteroatoms. The molecule has 0 atom stereocenters. The van der Waals surface area contributed by atoms with E-state index in [0.717, 1.165) is 53.2 Å². The molecule has 0 aromatic heterocycles. The van der Waals surface area contributed by atoms with Crippen LogP contribution in [0.25, 0.3) is 0 Å². The van der Waals surface area contributed by atoms with Crippen LogP contribution >= 0.6 is 0 Å². The van der Waals surface area contributed by atoms with Gasteiger partial charge >= 0.3 is 0 Å². The number of rotatable bonds is 9. The van der Waals surface area contributed by atoms with E-state index in [1.54, 1.807) is 31.4 Å². The number of fused-ring (bicyclic) bond motifs is 1. The average molecular weight is 635 g/mol. The molecule has 0 spiro atoms. The van der Waals surface area contributed by atoms with E-state index in [4.69, 9.17) is 4.74 Å². The van der Waals surface area contributed by atoms with Crippen molar-refractivity contribution < 1.29 is 22.7 Å². The number of para-hydroxylation sites is 1. The maximum Gasteiger partial charge on any atom is 0.240 e. The molecule has 4 rings (SSSR count). The quantitative estimate of drug-likeness (QED) is 0.371. The summed E-state index contributed by atoms with van der Waals surface area (Å²) in [6.07, 6.45) is 1.87. The highest BCUT2D eigenvalue weighted by Crippen LogP contribution is 2.29. The van der Waals surface area contributed by atoms with Crippen molar-refractivity contribution in [2.75, 3.05) is 45.2 Å². The Bertz CT molecular complexity index is 1560. The molecule has 1 aliphatic heterocycles. The summed E-state index contributed by atoms with van der Waals surface area (Å²) < 4.78 is 31.8. The Kier molecular flexibility index (Phi) is 11.8. The van der Waals surface area contributed by atoms with Crippen molar-refractivity contribution in [1.29, 1.82) is 0 Å². The highest BCUT2D eigenvalue weighted by molar-refractivity contribution is 7.89. The van der Waals surface area contributed by atoms with Gasteiger partial charge in [0.25, 0.3) is 0 Å². The number of hydrogen-bond donors (Lipinski definition) is 1. The predicted molar refractivity (Wildman–Crippen MR) is 178 cm³/mol. The number of amides is 2. The Balaban J connectivity index is 1.59. The minimum absolute atomic E-state index is 0.0210. The van der Waals surface area contributed by atoms with Crippen LogP contribution in [0.4, 0.5) is 5.69 Å². The monoisotopic (exact) mass is 634 g/mol. The van der Waals surface area contributed by atoms with Crippen LogP contribution in [0.15, 0.2) is 71.6 Å². The second-order valence-electron chi connectivity index (χ2n) is 11.8. The lowest BCUT2D eigenvalue weighted by Crippen LogP contribution is -2.41. The standard InChI is InChI=1S/C35H46N4O5S/c1-26(2)37-20-7-21-39(34(41)24-29-10-15-31(44-5)16-11-29)35-27(3)8-6-9-30(35)25-38(23-22-37)33(40)19-14-28-12-17-32(18-13-28)45(42,43)36-4/h6,8-13,15-18,26,36H,7,14,19-25H2,1-5H3. The molecule has 0 radical (unpaired) electrons. The minimum Gasteiger partial charge on any atom is -0.497 e. The van der Waals surface area contributed by atoms with Gasteiger partial charge in [-0.1, -0.05) is 42.5 Å². The Morgan fingerprint density at radius 2 is 1.58 bits per heavy atom. The number of hydrogen-bond acceptors (Lipinski definition) is 6. The SMILES string of the molecule is CNS(=O)(=O)c1ccc(CCC(=O)N2CCN(C(C)C)CCCN(C(=O)Cc3ccc(OC)cc3)c3c(C)cccc3C2)cc1. The first kappa shape index (κ1) is 34.1. The highest BCUT2D eigenvalue weighted by atomic mass is 32.2. The fourth-order valence-electron chi connectivity index (χ4n) is 5.78. The van der Waals surface area contributed by atoms with E-state index in [1.165, 1.54) is 7.05 Å². The summed E-state index contributed by atoms with van der Waals surface area (Å²) in [6, 6.07) is 20.6. The zero-order valence-electron chi connectivity index (χ0n) is 27.1. The maximum absolute atomic E-state index is 13.9. The number of sulfonamides is 1. The van der Waals surface area contributed by atoms with E-state index in [0.29, 0.717) is 38.5 Å². The van der Waals surface area contributed by atoms with E-state index < -0.39 is 10.0 Å². The van der Waals surface area contributed by atoms with Crippen LogP contribution in [0.5, 0.6) is 5.75 Å². The topological polar surface area (TPSA) is 99.3 Å². The zero-order valence-corrected chi connectivity index (χ0v) is 27.9. The molecule has 2 amide bonds. The first-order chi connectivity index (χ1) is 21.5. The molecular weight excluding hydrogens is 588 g/mol. The van der Waals surface area contributed by atoms with Gasteiger partial charge in [-0.25, -0.2) is 13.1 Å². The van der Waals surface area contributed by atoms with Crippen LogP contribution in [0.2, 0.25) is 0 Å². The molecule has 0 fully saturated rings. The fourth-order valence-corrected chi connectivity index (χ4v) is 6.51. The van der Waals surface area contributed by atoms with Crippen molar-refractivity contribution in [3.8, 4) is 5.75 Å². The number of aryl methyl sites for hydroxylation is 2. The van der Waals surface area contributed by atoms with E-state index in [2.05, 4.69) is 23.5 Å². The van der Waals surface area contributed by atoms with Crippen molar-refractivity contribution in [3.05, 3.63) is 89.0 Å². The Hall–Kier alpha value is -3.73. The van der Waals surface area contributed by atoms with Crippen molar-refractivity contribution in [2.24, 2.45) is 0 Å². The lowest BCUT2D eigenvalue weighted by atomic mass is 10.0. The zero-order chi connectivity index (χ0) is 32.6. The number of benzene rings is 3. The van der Waals surface area contributed by atoms with Gasteiger partial charge in [0, 0.05) is 45.2 Å². The van der Waals surface area contributed by atoms with E-state index in [-0.39, 0.29) is 23.1 Å². The van der Waals surface area contributed by atoms with Crippen molar-refractivity contribution >= 4 is 27.5 Å². The summed E-state index contributed by atoms with van der Waals surface area (Å²) >= 11 is 0. The lowest BCUT2D eigenvalue weighted by Gasteiger charge is -2.30. The molecule has 1 aliphatic rings. The molecular formula is C35H46N4O5S. The van der Waals surface area contributed by atoms with Crippen LogP contribution < -0.4 is 14.4 Å². The Labute approximate surface area is 268 Å². The average Bonchev–Trinajstić information content (AvgIpc) is 3.07. The Morgan fingerprint density at radius 1 is 0.889 bits per heavy atom. The summed E-state index contributed by atoms with van der Waals surface area (Å²) in [4.78, 5) is 34.1. The molecule has 3 aromatic rings. The third-order valence-electron chi connectivity index (χ3n) is 8.47. The second-order valence-corrected chi connectivity index (χ2v) is 13.7. The summed E-state index contributed by atoms with van der Waals surface area (Å²) in [7, 11) is -0.512. The number of methoxy groups -OCH3 is 1. The fraction of sp³-hybridized carbons (Fsp3) is 0.429. The van der Waals surface area contributed by atoms with Crippen molar-refractivity contribution in [1.82, 2.24) is 14.5 Å². The molecule has 0 saturated heterocycles. The number of nitrogens with one attached hydrogen (secondary N) is 1. The molecule has 0 bridgehead atoms. The van der Waals surface area contributed by atoms with Crippen LogP contribution in [-0.4, -0.2) is 76.4 Å². The number of carbonyl (C=O) groups excluding carboxylic acids is 2. The van der Waals surface area contributed by atoms with Gasteiger partial charge in [0.05, 0.1) is 24.1 Å². The van der Waals surface area contributed by atoms with Gasteiger partial charge < -0.3 is 14.5 Å². The number of ether oxygens (including phenoxy) is 1. The largest absolute Gasteiger partial charge is 0.497 e. The predicted octanol–water partition coefficient (Wildman–Crippen LogP) is 4.56.